The highest BCUT2D eigenvalue weighted by Gasteiger charge is 2.31. The van der Waals surface area contributed by atoms with Crippen molar-refractivity contribution in [2.45, 2.75) is 19.6 Å². The van der Waals surface area contributed by atoms with Gasteiger partial charge in [-0.1, -0.05) is 6.92 Å². The van der Waals surface area contributed by atoms with Crippen LogP contribution in [0.1, 0.15) is 23.0 Å². The van der Waals surface area contributed by atoms with Gasteiger partial charge in [0.15, 0.2) is 0 Å². The van der Waals surface area contributed by atoms with Gasteiger partial charge in [-0.05, 0) is 12.6 Å². The van der Waals surface area contributed by atoms with Crippen LogP contribution in [0, 0.1) is 0 Å². The number of nitrogens with one attached hydrogen (secondary N) is 1. The Labute approximate surface area is 102 Å². The van der Waals surface area contributed by atoms with Crippen LogP contribution in [0.5, 0.6) is 0 Å². The molecule has 0 atom stereocenters. The van der Waals surface area contributed by atoms with Crippen LogP contribution in [-0.4, -0.2) is 30.1 Å². The number of nitrogens with two attached hydrogens (primary N) is 1. The van der Waals surface area contributed by atoms with Crippen molar-refractivity contribution in [1.29, 1.82) is 0 Å². The molecule has 0 aliphatic rings. The van der Waals surface area contributed by atoms with Crippen molar-refractivity contribution in [2.75, 3.05) is 13.1 Å². The summed E-state index contributed by atoms with van der Waals surface area (Å²) in [6, 6.07) is 1.36. The Bertz CT molecular complexity index is 403. The summed E-state index contributed by atoms with van der Waals surface area (Å²) >= 11 is 0. The summed E-state index contributed by atoms with van der Waals surface area (Å²) in [5.74, 6) is 4.52. The molecule has 0 unspecified atom stereocenters. The number of carbonyl (C=O) groups is 1. The van der Waals surface area contributed by atoms with E-state index in [1.54, 1.807) is 6.92 Å². The molecule has 0 aromatic carbocycles. The van der Waals surface area contributed by atoms with Crippen molar-refractivity contribution in [3.8, 4) is 0 Å². The van der Waals surface area contributed by atoms with E-state index in [1.807, 2.05) is 5.43 Å². The van der Waals surface area contributed by atoms with Crippen LogP contribution in [0.2, 0.25) is 0 Å². The molecule has 0 saturated heterocycles. The summed E-state index contributed by atoms with van der Waals surface area (Å²) in [5, 5.41) is 0. The zero-order chi connectivity index (χ0) is 13.8. The molecule has 3 N–H and O–H groups in total. The molecule has 0 aliphatic carbocycles. The van der Waals surface area contributed by atoms with Gasteiger partial charge in [-0.3, -0.25) is 15.1 Å². The summed E-state index contributed by atoms with van der Waals surface area (Å²) < 4.78 is 41.8. The highest BCUT2D eigenvalue weighted by atomic mass is 19.4. The molecule has 1 aromatic rings. The number of nitrogen functional groups attached to an aromatic ring is 1. The third kappa shape index (κ3) is 4.04. The Hall–Kier alpha value is -1.54. The van der Waals surface area contributed by atoms with E-state index in [9.17, 15) is 18.0 Å². The molecular formula is C10H14F3N3O2. The lowest BCUT2D eigenvalue weighted by atomic mass is 10.2. The molecule has 0 spiro atoms. The fourth-order valence-electron chi connectivity index (χ4n) is 1.48. The first-order chi connectivity index (χ1) is 8.37. The van der Waals surface area contributed by atoms with Crippen molar-refractivity contribution in [2.24, 2.45) is 5.84 Å². The van der Waals surface area contributed by atoms with Crippen molar-refractivity contribution in [3.63, 3.8) is 0 Å². The van der Waals surface area contributed by atoms with Gasteiger partial charge in [0.2, 0.25) is 0 Å². The third-order valence-corrected chi connectivity index (χ3v) is 2.34. The average Bonchev–Trinajstić information content (AvgIpc) is 2.73. The SMILES string of the molecule is CCN(Cc1occc1C(=O)NN)CC(F)(F)F. The second kappa shape index (κ2) is 5.87. The number of rotatable bonds is 5. The molecular weight excluding hydrogens is 251 g/mol. The van der Waals surface area contributed by atoms with Gasteiger partial charge in [-0.2, -0.15) is 13.2 Å². The number of nitrogens with zero attached hydrogens (tertiary/aromatic N) is 1. The molecule has 102 valence electrons. The van der Waals surface area contributed by atoms with Gasteiger partial charge in [0.25, 0.3) is 5.91 Å². The van der Waals surface area contributed by atoms with E-state index < -0.39 is 18.6 Å². The van der Waals surface area contributed by atoms with Gasteiger partial charge in [-0.25, -0.2) is 5.84 Å². The van der Waals surface area contributed by atoms with Gasteiger partial charge in [-0.15, -0.1) is 0 Å². The van der Waals surface area contributed by atoms with Crippen LogP contribution < -0.4 is 11.3 Å². The maximum Gasteiger partial charge on any atom is 0.401 e. The Kier molecular flexibility index (Phi) is 4.74. The number of hydrazine groups is 1. The summed E-state index contributed by atoms with van der Waals surface area (Å²) in [7, 11) is 0. The van der Waals surface area contributed by atoms with E-state index in [-0.39, 0.29) is 24.4 Å². The first-order valence-corrected chi connectivity index (χ1v) is 5.23. The van der Waals surface area contributed by atoms with Crippen molar-refractivity contribution < 1.29 is 22.4 Å². The second-order valence-electron chi connectivity index (χ2n) is 3.65. The zero-order valence-corrected chi connectivity index (χ0v) is 9.75. The molecule has 8 heteroatoms. The molecule has 0 saturated carbocycles. The Morgan fingerprint density at radius 2 is 2.22 bits per heavy atom. The van der Waals surface area contributed by atoms with Crippen LogP contribution in [0.25, 0.3) is 0 Å². The maximum atomic E-state index is 12.3. The van der Waals surface area contributed by atoms with Gasteiger partial charge in [0.05, 0.1) is 24.9 Å². The number of alkyl halides is 3. The molecule has 18 heavy (non-hydrogen) atoms. The Morgan fingerprint density at radius 1 is 1.56 bits per heavy atom. The lowest BCUT2D eigenvalue weighted by Gasteiger charge is -2.21. The van der Waals surface area contributed by atoms with Crippen LogP contribution in [0.3, 0.4) is 0 Å². The number of halogens is 3. The van der Waals surface area contributed by atoms with Crippen molar-refractivity contribution in [3.05, 3.63) is 23.7 Å². The zero-order valence-electron chi connectivity index (χ0n) is 9.75. The van der Waals surface area contributed by atoms with Crippen LogP contribution in [0.4, 0.5) is 13.2 Å². The Balaban J connectivity index is 2.76. The third-order valence-electron chi connectivity index (χ3n) is 2.34. The average molecular weight is 265 g/mol. The fourth-order valence-corrected chi connectivity index (χ4v) is 1.48. The summed E-state index contributed by atoms with van der Waals surface area (Å²) in [6.45, 7) is 0.612. The summed E-state index contributed by atoms with van der Waals surface area (Å²) in [5.41, 5.74) is 2.04. The minimum absolute atomic E-state index is 0.105. The summed E-state index contributed by atoms with van der Waals surface area (Å²) in [4.78, 5) is 12.4. The van der Waals surface area contributed by atoms with Crippen LogP contribution in [0.15, 0.2) is 16.7 Å². The molecule has 5 nitrogen and oxygen atoms in total. The minimum atomic E-state index is -4.29. The molecule has 1 rings (SSSR count). The number of hydrogen-bond donors (Lipinski definition) is 2. The standard InChI is InChI=1S/C10H14F3N3O2/c1-2-16(6-10(11,12)13)5-8-7(3-4-18-8)9(17)15-14/h3-4H,2,5-6,14H2,1H3,(H,15,17). The topological polar surface area (TPSA) is 71.5 Å². The van der Waals surface area contributed by atoms with Gasteiger partial charge < -0.3 is 4.42 Å². The predicted octanol–water partition coefficient (Wildman–Crippen LogP) is 1.27. The van der Waals surface area contributed by atoms with Gasteiger partial charge in [0, 0.05) is 0 Å². The lowest BCUT2D eigenvalue weighted by Crippen LogP contribution is -2.35. The van der Waals surface area contributed by atoms with E-state index in [0.29, 0.717) is 0 Å². The maximum absolute atomic E-state index is 12.3. The molecule has 0 radical (unpaired) electrons. The van der Waals surface area contributed by atoms with E-state index in [0.717, 1.165) is 4.90 Å². The smallest absolute Gasteiger partial charge is 0.401 e. The molecule has 0 fully saturated rings. The predicted molar refractivity (Wildman–Crippen MR) is 57.4 cm³/mol. The van der Waals surface area contributed by atoms with E-state index in [2.05, 4.69) is 0 Å². The molecule has 1 amide bonds. The molecule has 0 bridgehead atoms. The van der Waals surface area contributed by atoms with Crippen LogP contribution in [-0.2, 0) is 6.54 Å². The molecule has 0 aliphatic heterocycles. The number of amides is 1. The second-order valence-corrected chi connectivity index (χ2v) is 3.65. The number of hydrogen-bond acceptors (Lipinski definition) is 4. The van der Waals surface area contributed by atoms with E-state index in [4.69, 9.17) is 10.3 Å². The fraction of sp³-hybridized carbons (Fsp3) is 0.500. The summed E-state index contributed by atoms with van der Waals surface area (Å²) in [6.07, 6.45) is -3.06. The van der Waals surface area contributed by atoms with Gasteiger partial charge in [0.1, 0.15) is 5.76 Å². The first-order valence-electron chi connectivity index (χ1n) is 5.23. The molecule has 1 heterocycles. The first kappa shape index (κ1) is 14.5. The molecule has 1 aromatic heterocycles. The number of furan rings is 1. The number of carbonyl (C=O) groups excluding carboxylic acids is 1. The largest absolute Gasteiger partial charge is 0.467 e. The monoisotopic (exact) mass is 265 g/mol. The minimum Gasteiger partial charge on any atom is -0.467 e. The normalized spacial score (nSPS) is 11.9. The lowest BCUT2D eigenvalue weighted by molar-refractivity contribution is -0.147. The highest BCUT2D eigenvalue weighted by Crippen LogP contribution is 2.19. The highest BCUT2D eigenvalue weighted by molar-refractivity contribution is 5.94. The van der Waals surface area contributed by atoms with E-state index in [1.165, 1.54) is 12.3 Å². The van der Waals surface area contributed by atoms with E-state index >= 15 is 0 Å². The van der Waals surface area contributed by atoms with Crippen molar-refractivity contribution >= 4 is 5.91 Å². The van der Waals surface area contributed by atoms with Crippen molar-refractivity contribution in [1.82, 2.24) is 10.3 Å². The van der Waals surface area contributed by atoms with Gasteiger partial charge >= 0.3 is 6.18 Å². The van der Waals surface area contributed by atoms with Crippen LogP contribution >= 0.6 is 0 Å². The Morgan fingerprint density at radius 3 is 2.72 bits per heavy atom. The quantitative estimate of drug-likeness (QED) is 0.478.